The summed E-state index contributed by atoms with van der Waals surface area (Å²) in [7, 11) is 1.95. The smallest absolute Gasteiger partial charge is 0.231 e. The number of benzene rings is 2. The van der Waals surface area contributed by atoms with Crippen molar-refractivity contribution in [2.24, 2.45) is 7.05 Å². The number of carbonyl (C=O) groups excluding carboxylic acids is 1. The van der Waals surface area contributed by atoms with E-state index in [1.807, 2.05) is 67.9 Å². The lowest BCUT2D eigenvalue weighted by Crippen LogP contribution is -2.08. The molecule has 0 amide bonds. The van der Waals surface area contributed by atoms with E-state index in [0.29, 0.717) is 18.7 Å². The van der Waals surface area contributed by atoms with Crippen LogP contribution in [0.3, 0.4) is 0 Å². The summed E-state index contributed by atoms with van der Waals surface area (Å²) in [6.45, 7) is 4.96. The zero-order valence-corrected chi connectivity index (χ0v) is 20.3. The van der Waals surface area contributed by atoms with Crippen LogP contribution in [-0.4, -0.2) is 37.7 Å². The van der Waals surface area contributed by atoms with Crippen molar-refractivity contribution < 1.29 is 14.3 Å². The number of hydrogen-bond donors (Lipinski definition) is 0. The molecular formula is C26H26N4O3S. The van der Waals surface area contributed by atoms with Crippen LogP contribution in [0.1, 0.15) is 38.7 Å². The Hall–Kier alpha value is -3.52. The Morgan fingerprint density at radius 3 is 2.62 bits per heavy atom. The van der Waals surface area contributed by atoms with Crippen LogP contribution in [-0.2, 0) is 20.0 Å². The maximum Gasteiger partial charge on any atom is 0.231 e. The number of nitrogens with zero attached hydrogens (tertiary/aromatic N) is 4. The number of aryl methyl sites for hydroxylation is 1. The molecule has 5 rings (SSSR count). The van der Waals surface area contributed by atoms with E-state index in [2.05, 4.69) is 26.9 Å². The number of ether oxygens (including phenoxy) is 2. The van der Waals surface area contributed by atoms with Gasteiger partial charge in [-0.05, 0) is 43.2 Å². The summed E-state index contributed by atoms with van der Waals surface area (Å²) in [4.78, 5) is 13.1. The van der Waals surface area contributed by atoms with Gasteiger partial charge in [-0.2, -0.15) is 0 Å². The van der Waals surface area contributed by atoms with Crippen LogP contribution in [0.5, 0.6) is 11.5 Å². The maximum absolute atomic E-state index is 13.1. The molecule has 0 atom stereocenters. The van der Waals surface area contributed by atoms with E-state index in [1.54, 1.807) is 0 Å². The van der Waals surface area contributed by atoms with E-state index in [4.69, 9.17) is 9.47 Å². The molecule has 2 aromatic heterocycles. The molecule has 0 spiro atoms. The summed E-state index contributed by atoms with van der Waals surface area (Å²) >= 11 is 1.42. The van der Waals surface area contributed by atoms with Crippen LogP contribution in [0.15, 0.2) is 59.8 Å². The minimum atomic E-state index is 0.0858. The molecule has 3 heterocycles. The van der Waals surface area contributed by atoms with E-state index in [1.165, 1.54) is 17.3 Å². The van der Waals surface area contributed by atoms with Crippen molar-refractivity contribution in [1.82, 2.24) is 19.3 Å². The fraction of sp³-hybridized carbons (Fsp3) is 0.269. The predicted molar refractivity (Wildman–Crippen MR) is 131 cm³/mol. The lowest BCUT2D eigenvalue weighted by molar-refractivity contribution is 0.102. The van der Waals surface area contributed by atoms with Gasteiger partial charge < -0.3 is 18.6 Å². The number of thioether (sulfide) groups is 1. The second-order valence-electron chi connectivity index (χ2n) is 8.39. The summed E-state index contributed by atoms with van der Waals surface area (Å²) < 4.78 is 15.0. The van der Waals surface area contributed by atoms with Crippen molar-refractivity contribution in [3.05, 3.63) is 88.5 Å². The first-order valence-corrected chi connectivity index (χ1v) is 12.1. The van der Waals surface area contributed by atoms with Gasteiger partial charge >= 0.3 is 0 Å². The molecule has 0 saturated heterocycles. The normalized spacial score (nSPS) is 12.3. The van der Waals surface area contributed by atoms with Gasteiger partial charge in [-0.1, -0.05) is 48.2 Å². The largest absolute Gasteiger partial charge is 0.454 e. The second kappa shape index (κ2) is 9.38. The summed E-state index contributed by atoms with van der Waals surface area (Å²) in [6, 6.07) is 18.1. The molecule has 0 aliphatic carbocycles. The number of rotatable bonds is 8. The van der Waals surface area contributed by atoms with E-state index >= 15 is 0 Å². The molecule has 7 nitrogen and oxygen atoms in total. The van der Waals surface area contributed by atoms with E-state index in [9.17, 15) is 4.79 Å². The van der Waals surface area contributed by atoms with Gasteiger partial charge in [-0.3, -0.25) is 4.79 Å². The van der Waals surface area contributed by atoms with E-state index in [-0.39, 0.29) is 12.6 Å². The third-order valence-electron chi connectivity index (χ3n) is 6.11. The molecule has 1 aliphatic heterocycles. The molecule has 0 fully saturated rings. The lowest BCUT2D eigenvalue weighted by atomic mass is 10.1. The van der Waals surface area contributed by atoms with Crippen molar-refractivity contribution in [2.75, 3.05) is 12.5 Å². The first-order chi connectivity index (χ1) is 16.5. The van der Waals surface area contributed by atoms with Gasteiger partial charge in [0, 0.05) is 37.0 Å². The molecule has 4 aromatic rings. The number of hydrogen-bond acceptors (Lipinski definition) is 6. The minimum Gasteiger partial charge on any atom is -0.454 e. The van der Waals surface area contributed by atoms with E-state index < -0.39 is 0 Å². The number of carbonyl (C=O) groups is 1. The Balaban J connectivity index is 1.26. The second-order valence-corrected chi connectivity index (χ2v) is 9.33. The molecule has 1 aliphatic rings. The summed E-state index contributed by atoms with van der Waals surface area (Å²) in [5, 5.41) is 9.37. The first kappa shape index (κ1) is 22.3. The van der Waals surface area contributed by atoms with Crippen molar-refractivity contribution in [2.45, 2.75) is 32.0 Å². The molecule has 0 unspecified atom stereocenters. The molecule has 0 N–H and O–H groups in total. The average Bonchev–Trinajstić information content (AvgIpc) is 3.52. The molecule has 2 aromatic carbocycles. The zero-order valence-electron chi connectivity index (χ0n) is 19.4. The van der Waals surface area contributed by atoms with Crippen LogP contribution >= 0.6 is 11.8 Å². The Kier molecular flexibility index (Phi) is 6.15. The molecule has 0 bridgehead atoms. The third-order valence-corrected chi connectivity index (χ3v) is 7.13. The maximum atomic E-state index is 13.1. The topological polar surface area (TPSA) is 71.2 Å². The van der Waals surface area contributed by atoms with Gasteiger partial charge in [0.1, 0.15) is 5.82 Å². The zero-order chi connectivity index (χ0) is 23.7. The van der Waals surface area contributed by atoms with Gasteiger partial charge in [0.25, 0.3) is 0 Å². The van der Waals surface area contributed by atoms with Crippen molar-refractivity contribution >= 4 is 17.5 Å². The van der Waals surface area contributed by atoms with Crippen molar-refractivity contribution in [3.63, 3.8) is 0 Å². The van der Waals surface area contributed by atoms with Crippen LogP contribution in [0.4, 0.5) is 0 Å². The van der Waals surface area contributed by atoms with Crippen LogP contribution in [0.2, 0.25) is 0 Å². The van der Waals surface area contributed by atoms with Crippen molar-refractivity contribution in [3.8, 4) is 11.5 Å². The Bertz CT molecular complexity index is 1340. The number of ketones is 1. The Labute approximate surface area is 202 Å². The van der Waals surface area contributed by atoms with Gasteiger partial charge in [0.2, 0.25) is 6.79 Å². The summed E-state index contributed by atoms with van der Waals surface area (Å²) in [6.07, 6.45) is 0.708. The van der Waals surface area contributed by atoms with Crippen LogP contribution in [0, 0.1) is 13.8 Å². The standard InChI is InChI=1S/C26H26N4O3S/c1-17-11-21(18(2)30(17)14-20-9-10-23-24(12-20)33-16-32-23)22(31)15-34-26-28-27-25(29(26)3)13-19-7-5-4-6-8-19/h4-12H,13-16H2,1-3H3. The van der Waals surface area contributed by atoms with E-state index in [0.717, 1.165) is 45.0 Å². The first-order valence-electron chi connectivity index (χ1n) is 11.1. The third kappa shape index (κ3) is 4.46. The fourth-order valence-electron chi connectivity index (χ4n) is 4.16. The van der Waals surface area contributed by atoms with Crippen LogP contribution < -0.4 is 9.47 Å². The van der Waals surface area contributed by atoms with Gasteiger partial charge in [-0.25, -0.2) is 0 Å². The van der Waals surface area contributed by atoms with Gasteiger partial charge in [-0.15, -0.1) is 10.2 Å². The Morgan fingerprint density at radius 2 is 1.79 bits per heavy atom. The molecule has 174 valence electrons. The molecule has 0 radical (unpaired) electrons. The predicted octanol–water partition coefficient (Wildman–Crippen LogP) is 4.58. The quantitative estimate of drug-likeness (QED) is 0.275. The van der Waals surface area contributed by atoms with Crippen LogP contribution in [0.25, 0.3) is 0 Å². The molecule has 34 heavy (non-hydrogen) atoms. The molecular weight excluding hydrogens is 448 g/mol. The number of fused-ring (bicyclic) bond motifs is 1. The summed E-state index contributed by atoms with van der Waals surface area (Å²) in [5.41, 5.74) is 5.04. The highest BCUT2D eigenvalue weighted by atomic mass is 32.2. The van der Waals surface area contributed by atoms with Crippen molar-refractivity contribution in [1.29, 1.82) is 0 Å². The average molecular weight is 475 g/mol. The minimum absolute atomic E-state index is 0.0858. The SMILES string of the molecule is Cc1cc(C(=O)CSc2nnc(Cc3ccccc3)n2C)c(C)n1Cc1ccc2c(c1)OCO2. The highest BCUT2D eigenvalue weighted by Gasteiger charge is 2.19. The Morgan fingerprint density at radius 1 is 1.00 bits per heavy atom. The summed E-state index contributed by atoms with van der Waals surface area (Å²) in [5.74, 6) is 2.81. The monoisotopic (exact) mass is 474 g/mol. The fourth-order valence-corrected chi connectivity index (χ4v) is 4.97. The van der Waals surface area contributed by atoms with Gasteiger partial charge in [0.15, 0.2) is 22.4 Å². The highest BCUT2D eigenvalue weighted by molar-refractivity contribution is 7.99. The number of aromatic nitrogens is 4. The molecule has 8 heteroatoms. The number of Topliss-reactive ketones (excluding diaryl/α,β-unsaturated/α-hetero) is 1. The van der Waals surface area contributed by atoms with Gasteiger partial charge in [0.05, 0.1) is 5.75 Å². The molecule has 0 saturated carbocycles. The highest BCUT2D eigenvalue weighted by Crippen LogP contribution is 2.33. The lowest BCUT2D eigenvalue weighted by Gasteiger charge is -2.10.